The minimum absolute atomic E-state index is 0.0980. The van der Waals surface area contributed by atoms with Crippen molar-refractivity contribution in [2.45, 2.75) is 13.8 Å². The number of nitrogens with zero attached hydrogens (tertiary/aromatic N) is 4. The van der Waals surface area contributed by atoms with Gasteiger partial charge in [0.15, 0.2) is 15.6 Å². The van der Waals surface area contributed by atoms with Gasteiger partial charge in [-0.25, -0.2) is 31.5 Å². The Morgan fingerprint density at radius 2 is 1.26 bits per heavy atom. The second-order valence-corrected chi connectivity index (χ2v) is 18.4. The summed E-state index contributed by atoms with van der Waals surface area (Å²) in [5, 5.41) is 28.6. The highest BCUT2D eigenvalue weighted by molar-refractivity contribution is 7.91. The molecular weight excluding hydrogens is 925 g/mol. The molecule has 20 heteroatoms. The number of sulfonamides is 1. The van der Waals surface area contributed by atoms with E-state index in [1.54, 1.807) is 68.4 Å². The Morgan fingerprint density at radius 1 is 0.738 bits per heavy atom. The summed E-state index contributed by atoms with van der Waals surface area (Å²) in [6.45, 7) is 3.57. The van der Waals surface area contributed by atoms with E-state index in [9.17, 15) is 36.1 Å². The van der Waals surface area contributed by atoms with Gasteiger partial charge in [0.1, 0.15) is 52.0 Å². The smallest absolute Gasteiger partial charge is 0.264 e. The predicted octanol–water partition coefficient (Wildman–Crippen LogP) is 8.42. The number of aromatic nitrogens is 2. The number of halogens is 3. The molecule has 65 heavy (non-hydrogen) atoms. The summed E-state index contributed by atoms with van der Waals surface area (Å²) in [5.41, 5.74) is 3.73. The minimum atomic E-state index is -3.71. The molecule has 6 rings (SSSR count). The molecule has 0 unspecified atom stereocenters. The maximum absolute atomic E-state index is 13.3. The summed E-state index contributed by atoms with van der Waals surface area (Å²) in [7, 11) is -4.36. The molecule has 0 aliphatic rings. The molecule has 0 spiro atoms. The van der Waals surface area contributed by atoms with Crippen LogP contribution in [0.15, 0.2) is 97.3 Å². The topological polar surface area (TPSA) is 236 Å². The molecule has 0 atom stereocenters. The molecule has 0 aliphatic carbocycles. The lowest BCUT2D eigenvalue weighted by Crippen LogP contribution is -2.29. The molecule has 1 amide bonds. The van der Waals surface area contributed by atoms with Crippen LogP contribution in [-0.2, 0) is 19.9 Å². The number of carbonyl (C=O) groups excluding carboxylic acids is 2. The normalized spacial score (nSPS) is 10.7. The van der Waals surface area contributed by atoms with Gasteiger partial charge in [-0.2, -0.15) is 14.9 Å². The lowest BCUT2D eigenvalue weighted by molar-refractivity contribution is 0.0979. The molecule has 6 aromatic rings. The standard InChI is InChI=1S/C22H18ClN3O5S.C16H13FN2O4S.C7H7ClO/c1-13-18(23)5-4-6-19(13)31-22-15(11-24)9-16(12-25-22)17-8-7-14(10-20(17)30-2)21(27)26-32(3,28)29;1-23-15-6-10(14(20)9-24(2,21)22)3-4-13(15)12-5-11(7-18)16(17)19-8-12;1-5-6(8)3-2-4-7(5)9/h4-10,12H,1-3H3,(H,26,27);3-6,8H,9H2,1-2H3;2-4,9H,1H3. The number of phenols is 1. The van der Waals surface area contributed by atoms with E-state index in [0.29, 0.717) is 49.4 Å². The van der Waals surface area contributed by atoms with Crippen molar-refractivity contribution in [1.29, 1.82) is 10.5 Å². The lowest BCUT2D eigenvalue weighted by atomic mass is 10.0. The van der Waals surface area contributed by atoms with E-state index in [2.05, 4.69) is 16.0 Å². The van der Waals surface area contributed by atoms with E-state index in [1.807, 2.05) is 4.72 Å². The van der Waals surface area contributed by atoms with E-state index in [4.69, 9.17) is 47.8 Å². The van der Waals surface area contributed by atoms with Gasteiger partial charge < -0.3 is 19.3 Å². The van der Waals surface area contributed by atoms with Crippen LogP contribution in [0.3, 0.4) is 0 Å². The number of ketones is 1. The molecule has 2 N–H and O–H groups in total. The summed E-state index contributed by atoms with van der Waals surface area (Å²) in [5.74, 6) is -1.39. The van der Waals surface area contributed by atoms with Crippen LogP contribution >= 0.6 is 23.2 Å². The Labute approximate surface area is 384 Å². The number of aromatic hydroxyl groups is 1. The van der Waals surface area contributed by atoms with Crippen LogP contribution in [0.4, 0.5) is 4.39 Å². The van der Waals surface area contributed by atoms with Crippen LogP contribution < -0.4 is 18.9 Å². The van der Waals surface area contributed by atoms with Crippen molar-refractivity contribution in [2.24, 2.45) is 0 Å². The first kappa shape index (κ1) is 50.6. The zero-order valence-electron chi connectivity index (χ0n) is 35.3. The van der Waals surface area contributed by atoms with Gasteiger partial charge in [-0.1, -0.05) is 41.4 Å². The number of nitrogens with one attached hydrogen (secondary N) is 1. The summed E-state index contributed by atoms with van der Waals surface area (Å²) >= 11 is 11.8. The Balaban J connectivity index is 0.000000245. The Bertz CT molecular complexity index is 3080. The second-order valence-electron chi connectivity index (χ2n) is 13.7. The highest BCUT2D eigenvalue weighted by Gasteiger charge is 2.19. The maximum Gasteiger partial charge on any atom is 0.264 e. The zero-order valence-corrected chi connectivity index (χ0v) is 38.5. The highest BCUT2D eigenvalue weighted by Crippen LogP contribution is 2.36. The first-order chi connectivity index (χ1) is 30.6. The number of nitriles is 2. The number of pyridine rings is 2. The molecule has 4 aromatic carbocycles. The van der Waals surface area contributed by atoms with Crippen LogP contribution in [0.1, 0.15) is 43.0 Å². The number of sulfone groups is 1. The fourth-order valence-electron chi connectivity index (χ4n) is 5.56. The van der Waals surface area contributed by atoms with Gasteiger partial charge in [0, 0.05) is 73.2 Å². The summed E-state index contributed by atoms with van der Waals surface area (Å²) in [6, 6.07) is 25.7. The van der Waals surface area contributed by atoms with E-state index >= 15 is 0 Å². The Kier molecular flexibility index (Phi) is 17.1. The van der Waals surface area contributed by atoms with Crippen molar-refractivity contribution in [3.63, 3.8) is 0 Å². The monoisotopic (exact) mass is 961 g/mol. The Hall–Kier alpha value is -7.09. The molecule has 0 saturated heterocycles. The average molecular weight is 963 g/mol. The van der Waals surface area contributed by atoms with E-state index < -0.39 is 43.3 Å². The quantitative estimate of drug-likeness (QED) is 0.0916. The van der Waals surface area contributed by atoms with Crippen LogP contribution in [0, 0.1) is 42.5 Å². The van der Waals surface area contributed by atoms with E-state index in [1.165, 1.54) is 63.0 Å². The van der Waals surface area contributed by atoms with Crippen LogP contribution in [0.2, 0.25) is 10.0 Å². The molecule has 336 valence electrons. The molecule has 2 heterocycles. The van der Waals surface area contributed by atoms with Gasteiger partial charge in [-0.15, -0.1) is 0 Å². The van der Waals surface area contributed by atoms with Crippen molar-refractivity contribution < 1.29 is 50.1 Å². The van der Waals surface area contributed by atoms with E-state index in [-0.39, 0.29) is 39.6 Å². The fraction of sp³-hybridized carbons (Fsp3) is 0.156. The largest absolute Gasteiger partial charge is 0.508 e. The number of benzene rings is 4. The van der Waals surface area contributed by atoms with Crippen LogP contribution in [0.5, 0.6) is 28.9 Å². The minimum Gasteiger partial charge on any atom is -0.508 e. The molecule has 0 bridgehead atoms. The third kappa shape index (κ3) is 13.9. The number of rotatable bonds is 11. The number of amides is 1. The number of Topliss-reactive ketones (excluding diaryl/α,β-unsaturated/α-hetero) is 1. The zero-order chi connectivity index (χ0) is 48.2. The maximum atomic E-state index is 13.3. The predicted molar refractivity (Wildman–Crippen MR) is 242 cm³/mol. The molecule has 0 aliphatic heterocycles. The Morgan fingerprint density at radius 3 is 1.78 bits per heavy atom. The summed E-state index contributed by atoms with van der Waals surface area (Å²) in [6.07, 6.45) is 4.61. The van der Waals surface area contributed by atoms with Crippen molar-refractivity contribution in [3.8, 4) is 63.3 Å². The van der Waals surface area contributed by atoms with Gasteiger partial charge in [0.25, 0.3) is 5.91 Å². The number of hydrogen-bond acceptors (Lipinski definition) is 14. The SMILES string of the molecule is COc1cc(C(=O)CS(C)(=O)=O)ccc1-c1cnc(F)c(C#N)c1.COc1cc(C(=O)NS(C)(=O)=O)ccc1-c1cnc(Oc2cccc(Cl)c2C)c(C#N)c1.Cc1c(O)cccc1Cl. The van der Waals surface area contributed by atoms with Crippen molar-refractivity contribution in [3.05, 3.63) is 147 Å². The second kappa shape index (κ2) is 22.0. The van der Waals surface area contributed by atoms with Crippen molar-refractivity contribution in [2.75, 3.05) is 32.5 Å². The van der Waals surface area contributed by atoms with Gasteiger partial charge in [0.05, 0.1) is 20.5 Å². The fourth-order valence-corrected chi connectivity index (χ4v) is 6.99. The van der Waals surface area contributed by atoms with Crippen molar-refractivity contribution >= 4 is 54.8 Å². The van der Waals surface area contributed by atoms with Gasteiger partial charge >= 0.3 is 0 Å². The molecule has 15 nitrogen and oxygen atoms in total. The number of phenolic OH excluding ortho intramolecular Hbond substituents is 1. The van der Waals surface area contributed by atoms with Crippen LogP contribution in [-0.4, -0.2) is 76.1 Å². The number of ether oxygens (including phenoxy) is 3. The molecule has 2 aromatic heterocycles. The number of hydrogen-bond donors (Lipinski definition) is 2. The lowest BCUT2D eigenvalue weighted by Gasteiger charge is -2.13. The summed E-state index contributed by atoms with van der Waals surface area (Å²) in [4.78, 5) is 31.9. The third-order valence-electron chi connectivity index (χ3n) is 8.88. The first-order valence-corrected chi connectivity index (χ1v) is 23.2. The molecule has 0 saturated carbocycles. The highest BCUT2D eigenvalue weighted by atomic mass is 35.5. The van der Waals surface area contributed by atoms with Crippen molar-refractivity contribution in [1.82, 2.24) is 14.7 Å². The average Bonchev–Trinajstić information content (AvgIpc) is 3.26. The molecule has 0 fully saturated rings. The van der Waals surface area contributed by atoms with E-state index in [0.717, 1.165) is 18.1 Å². The molecular formula is C45H38Cl2FN5O10S2. The number of carbonyl (C=O) groups is 2. The number of methoxy groups -OCH3 is 2. The van der Waals surface area contributed by atoms with Gasteiger partial charge in [-0.05, 0) is 80.6 Å². The van der Waals surface area contributed by atoms with Crippen LogP contribution in [0.25, 0.3) is 22.3 Å². The third-order valence-corrected chi connectivity index (χ3v) is 11.0. The summed E-state index contributed by atoms with van der Waals surface area (Å²) < 4.78 is 76.7. The van der Waals surface area contributed by atoms with Gasteiger partial charge in [-0.3, -0.25) is 9.59 Å². The first-order valence-electron chi connectivity index (χ1n) is 18.5. The van der Waals surface area contributed by atoms with Gasteiger partial charge in [0.2, 0.25) is 21.9 Å². The molecule has 0 radical (unpaired) electrons.